The molecule has 316 valence electrons. The summed E-state index contributed by atoms with van der Waals surface area (Å²) in [6.45, 7) is 2.43. The van der Waals surface area contributed by atoms with Crippen molar-refractivity contribution in [3.05, 3.63) is 241 Å². The first kappa shape index (κ1) is 38.4. The minimum Gasteiger partial charge on any atom is -0.508 e. The molecule has 0 fully saturated rings. The van der Waals surface area contributed by atoms with E-state index in [0.717, 1.165) is 62.1 Å². The van der Waals surface area contributed by atoms with Crippen LogP contribution >= 0.6 is 0 Å². The summed E-state index contributed by atoms with van der Waals surface area (Å²) in [5.41, 5.74) is 19.2. The minimum absolute atomic E-state index is 0.217. The number of aromatic nitrogens is 1. The number of para-hydroxylation sites is 1. The quantitative estimate of drug-likeness (QED) is 0.175. The molecule has 0 amide bonds. The molecule has 0 radical (unpaired) electrons. The van der Waals surface area contributed by atoms with Crippen molar-refractivity contribution >= 4 is 38.9 Å². The average molecular weight is 851 g/mol. The molecule has 9 aromatic rings. The molecule has 0 bridgehead atoms. The summed E-state index contributed by atoms with van der Waals surface area (Å²) in [5, 5.41) is 23.0. The van der Waals surface area contributed by atoms with Crippen molar-refractivity contribution < 1.29 is 10.2 Å². The summed E-state index contributed by atoms with van der Waals surface area (Å²) >= 11 is 0. The van der Waals surface area contributed by atoms with Gasteiger partial charge in [-0.25, -0.2) is 0 Å². The van der Waals surface area contributed by atoms with Crippen molar-refractivity contribution in [2.24, 2.45) is 17.8 Å². The van der Waals surface area contributed by atoms with Crippen LogP contribution in [0.5, 0.6) is 11.5 Å². The van der Waals surface area contributed by atoms with E-state index in [1.54, 1.807) is 23.8 Å². The molecule has 4 unspecified atom stereocenters. The fraction of sp³-hybridized carbons (Fsp3) is 0.0968. The van der Waals surface area contributed by atoms with Crippen molar-refractivity contribution in [3.63, 3.8) is 0 Å². The van der Waals surface area contributed by atoms with Crippen LogP contribution in [-0.2, 0) is 5.41 Å². The van der Waals surface area contributed by atoms with Crippen molar-refractivity contribution in [3.8, 4) is 50.6 Å². The van der Waals surface area contributed by atoms with Crippen LogP contribution in [0.25, 0.3) is 60.9 Å². The summed E-state index contributed by atoms with van der Waals surface area (Å²) in [5.74, 6) is 1.61. The third kappa shape index (κ3) is 5.64. The van der Waals surface area contributed by atoms with E-state index in [2.05, 4.69) is 186 Å². The van der Waals surface area contributed by atoms with Crippen LogP contribution in [0.4, 0.5) is 17.1 Å². The van der Waals surface area contributed by atoms with Gasteiger partial charge in [-0.05, 0) is 165 Å². The van der Waals surface area contributed by atoms with E-state index in [9.17, 15) is 10.2 Å². The van der Waals surface area contributed by atoms with E-state index in [4.69, 9.17) is 0 Å². The molecule has 1 spiro atoms. The van der Waals surface area contributed by atoms with Gasteiger partial charge in [0.15, 0.2) is 0 Å². The molecule has 1 aromatic heterocycles. The molecule has 0 saturated carbocycles. The van der Waals surface area contributed by atoms with Crippen LogP contribution < -0.4 is 4.90 Å². The van der Waals surface area contributed by atoms with E-state index in [-0.39, 0.29) is 16.9 Å². The van der Waals surface area contributed by atoms with Gasteiger partial charge in [0, 0.05) is 45.4 Å². The highest BCUT2D eigenvalue weighted by molar-refractivity contribution is 6.11. The van der Waals surface area contributed by atoms with Gasteiger partial charge in [0.1, 0.15) is 11.5 Å². The van der Waals surface area contributed by atoms with Crippen molar-refractivity contribution in [1.29, 1.82) is 0 Å². The van der Waals surface area contributed by atoms with Crippen molar-refractivity contribution in [2.45, 2.75) is 18.8 Å². The number of fused-ring (bicyclic) bond motifs is 12. The average Bonchev–Trinajstić information content (AvgIpc) is 3.97. The zero-order valence-electron chi connectivity index (χ0n) is 36.5. The normalized spacial score (nSPS) is 19.9. The SMILES string of the molecule is CC1CC=CC2=C1C1(c3ccccc3-c3ccc(-c4ccc(N(c5ccc(O)cc5)c5ccc(-c6ccc7c(c6)c6cc(O)ccc6n7-c6ccccc6)cc5)cc4)cc31)C1C=CC=CC21. The lowest BCUT2D eigenvalue weighted by Crippen LogP contribution is -2.36. The Morgan fingerprint density at radius 1 is 0.530 bits per heavy atom. The maximum absolute atomic E-state index is 10.6. The number of aromatic hydroxyl groups is 2. The number of phenols is 2. The Bertz CT molecular complexity index is 3540. The molecule has 2 N–H and O–H groups in total. The van der Waals surface area contributed by atoms with Crippen LogP contribution in [0.15, 0.2) is 230 Å². The number of benzene rings is 8. The molecule has 1 heterocycles. The molecule has 13 rings (SSSR count). The topological polar surface area (TPSA) is 48.6 Å². The molecule has 4 heteroatoms. The van der Waals surface area contributed by atoms with E-state index in [1.807, 2.05) is 30.3 Å². The summed E-state index contributed by atoms with van der Waals surface area (Å²) in [6.07, 6.45) is 15.3. The Balaban J connectivity index is 0.874. The lowest BCUT2D eigenvalue weighted by molar-refractivity contribution is 0.408. The first-order chi connectivity index (χ1) is 32.5. The third-order valence-electron chi connectivity index (χ3n) is 14.9. The highest BCUT2D eigenvalue weighted by Gasteiger charge is 2.59. The van der Waals surface area contributed by atoms with E-state index < -0.39 is 0 Å². The summed E-state index contributed by atoms with van der Waals surface area (Å²) in [6, 6.07) is 64.0. The van der Waals surface area contributed by atoms with Gasteiger partial charge in [0.25, 0.3) is 0 Å². The Kier molecular flexibility index (Phi) is 8.57. The Morgan fingerprint density at radius 3 is 1.85 bits per heavy atom. The lowest BCUT2D eigenvalue weighted by atomic mass is 9.62. The highest BCUT2D eigenvalue weighted by Crippen LogP contribution is 2.67. The second kappa shape index (κ2) is 14.7. The van der Waals surface area contributed by atoms with Gasteiger partial charge in [0.2, 0.25) is 0 Å². The van der Waals surface area contributed by atoms with Crippen molar-refractivity contribution in [2.75, 3.05) is 4.90 Å². The zero-order valence-corrected chi connectivity index (χ0v) is 36.5. The maximum atomic E-state index is 10.6. The molecular weight excluding hydrogens is 805 g/mol. The van der Waals surface area contributed by atoms with E-state index in [1.165, 1.54) is 39.0 Å². The van der Waals surface area contributed by atoms with Crippen LogP contribution in [0.2, 0.25) is 0 Å². The van der Waals surface area contributed by atoms with E-state index in [0.29, 0.717) is 17.8 Å². The predicted octanol–water partition coefficient (Wildman–Crippen LogP) is 15.5. The summed E-state index contributed by atoms with van der Waals surface area (Å²) in [4.78, 5) is 2.24. The third-order valence-corrected chi connectivity index (χ3v) is 14.9. The smallest absolute Gasteiger partial charge is 0.116 e. The largest absolute Gasteiger partial charge is 0.508 e. The number of anilines is 3. The van der Waals surface area contributed by atoms with Gasteiger partial charge in [-0.1, -0.05) is 128 Å². The molecule has 4 atom stereocenters. The van der Waals surface area contributed by atoms with Crippen LogP contribution in [0.3, 0.4) is 0 Å². The first-order valence-corrected chi connectivity index (χ1v) is 23.1. The number of rotatable bonds is 6. The molecule has 4 nitrogen and oxygen atoms in total. The second-order valence-corrected chi connectivity index (χ2v) is 18.4. The number of hydrogen-bond donors (Lipinski definition) is 2. The second-order valence-electron chi connectivity index (χ2n) is 18.4. The first-order valence-electron chi connectivity index (χ1n) is 23.1. The molecular formula is C62H46N2O2. The maximum Gasteiger partial charge on any atom is 0.116 e. The van der Waals surface area contributed by atoms with Gasteiger partial charge in [-0.3, -0.25) is 0 Å². The molecule has 0 aliphatic heterocycles. The molecule has 66 heavy (non-hydrogen) atoms. The molecule has 4 aliphatic rings. The molecule has 0 saturated heterocycles. The Hall–Kier alpha value is -8.08. The fourth-order valence-electron chi connectivity index (χ4n) is 12.1. The number of hydrogen-bond acceptors (Lipinski definition) is 3. The number of nitrogens with zero attached hydrogens (tertiary/aromatic N) is 2. The molecule has 8 aromatic carbocycles. The fourth-order valence-corrected chi connectivity index (χ4v) is 12.1. The van der Waals surface area contributed by atoms with Crippen molar-refractivity contribution in [1.82, 2.24) is 4.57 Å². The van der Waals surface area contributed by atoms with Gasteiger partial charge < -0.3 is 19.7 Å². The Labute approximate surface area is 384 Å². The Morgan fingerprint density at radius 2 is 1.11 bits per heavy atom. The van der Waals surface area contributed by atoms with Crippen LogP contribution in [0.1, 0.15) is 24.5 Å². The van der Waals surface area contributed by atoms with Crippen LogP contribution in [0, 0.1) is 17.8 Å². The van der Waals surface area contributed by atoms with Gasteiger partial charge >= 0.3 is 0 Å². The minimum atomic E-state index is -0.217. The van der Waals surface area contributed by atoms with Gasteiger partial charge in [0.05, 0.1) is 16.4 Å². The van der Waals surface area contributed by atoms with Gasteiger partial charge in [-0.2, -0.15) is 0 Å². The predicted molar refractivity (Wildman–Crippen MR) is 271 cm³/mol. The summed E-state index contributed by atoms with van der Waals surface area (Å²) < 4.78 is 2.26. The number of phenolic OH excluding ortho intramolecular Hbond substituents is 2. The highest BCUT2D eigenvalue weighted by atomic mass is 16.3. The lowest BCUT2D eigenvalue weighted by Gasteiger charge is -2.40. The monoisotopic (exact) mass is 850 g/mol. The number of allylic oxidation sites excluding steroid dienone is 8. The zero-order chi connectivity index (χ0) is 44.1. The standard InChI is InChI=1S/C62H46N2O2/c1-39-10-9-15-53-51-14-6-8-17-57(51)62(61(39)53)56-16-7-5-13-50(56)52-33-22-43(37-58(52)62)41-20-26-46(27-21-41)63(47-28-30-48(65)31-29-47)45-24-18-40(19-25-45)42-23-34-59-54(36-42)55-38-49(66)32-35-60(55)64(59)44-11-3-2-4-12-44/h2-9,11-39,51,57,65-66H,10H2,1H3. The van der Waals surface area contributed by atoms with Crippen LogP contribution in [-0.4, -0.2) is 14.8 Å². The summed E-state index contributed by atoms with van der Waals surface area (Å²) in [7, 11) is 0. The molecule has 4 aliphatic carbocycles. The van der Waals surface area contributed by atoms with Gasteiger partial charge in [-0.15, -0.1) is 0 Å². The van der Waals surface area contributed by atoms with E-state index >= 15 is 0 Å².